The van der Waals surface area contributed by atoms with Crippen LogP contribution in [0.25, 0.3) is 0 Å². The first-order valence-electron chi connectivity index (χ1n) is 7.92. The van der Waals surface area contributed by atoms with Gasteiger partial charge in [0.1, 0.15) is 18.5 Å². The number of aliphatic hydroxyl groups is 1. The number of hydrogen-bond donors (Lipinski definition) is 2. The molecule has 1 unspecified atom stereocenters. The summed E-state index contributed by atoms with van der Waals surface area (Å²) in [7, 11) is 0. The van der Waals surface area contributed by atoms with Gasteiger partial charge in [-0.05, 0) is 30.3 Å². The highest BCUT2D eigenvalue weighted by atomic mass is 19.4. The van der Waals surface area contributed by atoms with Gasteiger partial charge in [0.15, 0.2) is 11.5 Å². The van der Waals surface area contributed by atoms with Crippen LogP contribution < -0.4 is 19.5 Å². The van der Waals surface area contributed by atoms with Crippen LogP contribution in [0.3, 0.4) is 0 Å². The van der Waals surface area contributed by atoms with Gasteiger partial charge in [0.25, 0.3) is 0 Å². The lowest BCUT2D eigenvalue weighted by atomic mass is 10.1. The zero-order valence-electron chi connectivity index (χ0n) is 13.9. The molecule has 1 atom stereocenters. The smallest absolute Gasteiger partial charge is 0.417 e. The second kappa shape index (κ2) is 7.63. The molecule has 0 bridgehead atoms. The molecule has 0 fully saturated rings. The molecule has 0 saturated heterocycles. The molecule has 9 heteroatoms. The topological polar surface area (TPSA) is 83.7 Å². The third kappa shape index (κ3) is 4.54. The van der Waals surface area contributed by atoms with Gasteiger partial charge in [0.05, 0.1) is 17.2 Å². The van der Waals surface area contributed by atoms with E-state index in [0.717, 1.165) is 12.1 Å². The number of nitriles is 1. The van der Waals surface area contributed by atoms with Gasteiger partial charge in [-0.15, -0.1) is 0 Å². The molecule has 0 aliphatic carbocycles. The minimum Gasteiger partial charge on any atom is -0.491 e. The summed E-state index contributed by atoms with van der Waals surface area (Å²) >= 11 is 0. The van der Waals surface area contributed by atoms with E-state index in [2.05, 4.69) is 5.32 Å². The Kier molecular flexibility index (Phi) is 5.28. The Hall–Kier alpha value is -3.12. The molecule has 6 nitrogen and oxygen atoms in total. The van der Waals surface area contributed by atoms with Crippen molar-refractivity contribution in [2.24, 2.45) is 0 Å². The van der Waals surface area contributed by atoms with Gasteiger partial charge in [0.2, 0.25) is 6.79 Å². The van der Waals surface area contributed by atoms with E-state index in [-0.39, 0.29) is 25.6 Å². The molecule has 2 aromatic rings. The first-order chi connectivity index (χ1) is 12.9. The van der Waals surface area contributed by atoms with Crippen molar-refractivity contribution in [1.29, 1.82) is 5.26 Å². The predicted octanol–water partition coefficient (Wildman–Crippen LogP) is 3.16. The molecular formula is C18H15F3N2O4. The number of aliphatic hydroxyl groups excluding tert-OH is 1. The molecule has 1 heterocycles. The normalized spacial score (nSPS) is 13.7. The number of hydrogen-bond acceptors (Lipinski definition) is 6. The van der Waals surface area contributed by atoms with Gasteiger partial charge in [0, 0.05) is 18.3 Å². The van der Waals surface area contributed by atoms with E-state index in [9.17, 15) is 18.3 Å². The Morgan fingerprint density at radius 1 is 1.19 bits per heavy atom. The molecule has 27 heavy (non-hydrogen) atoms. The maximum atomic E-state index is 12.9. The van der Waals surface area contributed by atoms with Crippen molar-refractivity contribution in [3.63, 3.8) is 0 Å². The molecule has 1 aliphatic heterocycles. The minimum absolute atomic E-state index is 0.0340. The number of anilines is 1. The van der Waals surface area contributed by atoms with Gasteiger partial charge in [-0.1, -0.05) is 0 Å². The van der Waals surface area contributed by atoms with Crippen LogP contribution in [-0.2, 0) is 6.18 Å². The maximum absolute atomic E-state index is 12.9. The molecular weight excluding hydrogens is 365 g/mol. The lowest BCUT2D eigenvalue weighted by molar-refractivity contribution is -0.137. The second-order valence-corrected chi connectivity index (χ2v) is 5.73. The van der Waals surface area contributed by atoms with Crippen LogP contribution in [0.5, 0.6) is 17.2 Å². The number of nitrogens with one attached hydrogen (secondary N) is 1. The molecule has 0 amide bonds. The van der Waals surface area contributed by atoms with Crippen molar-refractivity contribution >= 4 is 5.69 Å². The molecule has 3 rings (SSSR count). The number of nitrogens with zero attached hydrogens (tertiary/aromatic N) is 1. The summed E-state index contributed by atoms with van der Waals surface area (Å²) in [6, 6.07) is 9.74. The predicted molar refractivity (Wildman–Crippen MR) is 88.7 cm³/mol. The average Bonchev–Trinajstić information content (AvgIpc) is 3.11. The third-order valence-electron chi connectivity index (χ3n) is 3.77. The summed E-state index contributed by atoms with van der Waals surface area (Å²) in [4.78, 5) is 0. The minimum atomic E-state index is -4.64. The van der Waals surface area contributed by atoms with Crippen molar-refractivity contribution in [2.45, 2.75) is 12.3 Å². The molecule has 2 aromatic carbocycles. The van der Waals surface area contributed by atoms with Crippen LogP contribution in [0.2, 0.25) is 0 Å². The molecule has 1 aliphatic rings. The van der Waals surface area contributed by atoms with Crippen molar-refractivity contribution in [2.75, 3.05) is 25.3 Å². The van der Waals surface area contributed by atoms with Gasteiger partial charge in [-0.2, -0.15) is 18.4 Å². The van der Waals surface area contributed by atoms with E-state index in [4.69, 9.17) is 19.5 Å². The largest absolute Gasteiger partial charge is 0.491 e. The number of rotatable bonds is 6. The summed E-state index contributed by atoms with van der Waals surface area (Å²) in [6.07, 6.45) is -5.61. The fourth-order valence-electron chi connectivity index (χ4n) is 2.44. The van der Waals surface area contributed by atoms with Crippen molar-refractivity contribution < 1.29 is 32.5 Å². The average molecular weight is 380 g/mol. The zero-order chi connectivity index (χ0) is 19.4. The Labute approximate surface area is 152 Å². The van der Waals surface area contributed by atoms with E-state index in [0.29, 0.717) is 17.2 Å². The highest BCUT2D eigenvalue weighted by molar-refractivity contribution is 5.53. The maximum Gasteiger partial charge on any atom is 0.417 e. The molecule has 0 saturated carbocycles. The van der Waals surface area contributed by atoms with Crippen molar-refractivity contribution in [1.82, 2.24) is 0 Å². The Balaban J connectivity index is 1.55. The van der Waals surface area contributed by atoms with Crippen molar-refractivity contribution in [3.05, 3.63) is 47.5 Å². The summed E-state index contributed by atoms with van der Waals surface area (Å²) in [5.41, 5.74) is -1.34. The Bertz CT molecular complexity index is 865. The first kappa shape index (κ1) is 18.7. The van der Waals surface area contributed by atoms with Gasteiger partial charge in [-0.25, -0.2) is 0 Å². The van der Waals surface area contributed by atoms with Crippen molar-refractivity contribution in [3.8, 4) is 23.3 Å². The molecule has 0 radical (unpaired) electrons. The molecule has 0 aromatic heterocycles. The molecule has 142 valence electrons. The van der Waals surface area contributed by atoms with Crippen LogP contribution in [0.4, 0.5) is 18.9 Å². The highest BCUT2D eigenvalue weighted by Crippen LogP contribution is 2.35. The van der Waals surface area contributed by atoms with Gasteiger partial charge < -0.3 is 24.6 Å². The van der Waals surface area contributed by atoms with E-state index >= 15 is 0 Å². The van der Waals surface area contributed by atoms with Gasteiger partial charge >= 0.3 is 6.18 Å². The number of ether oxygens (including phenoxy) is 3. The first-order valence-corrected chi connectivity index (χ1v) is 7.92. The fraction of sp³-hybridized carbons (Fsp3) is 0.278. The SMILES string of the molecule is N#Cc1ccc(NCC(O)COc2ccc3c(c2)OCO3)cc1C(F)(F)F. The van der Waals surface area contributed by atoms with E-state index in [1.54, 1.807) is 18.2 Å². The fourth-order valence-corrected chi connectivity index (χ4v) is 2.44. The van der Waals surface area contributed by atoms with Crippen LogP contribution in [0, 0.1) is 11.3 Å². The summed E-state index contributed by atoms with van der Waals surface area (Å²) < 4.78 is 54.7. The van der Waals surface area contributed by atoms with E-state index in [1.807, 2.05) is 0 Å². The lowest BCUT2D eigenvalue weighted by Crippen LogP contribution is -2.26. The van der Waals surface area contributed by atoms with Crippen LogP contribution >= 0.6 is 0 Å². The van der Waals surface area contributed by atoms with E-state index < -0.39 is 23.4 Å². The zero-order valence-corrected chi connectivity index (χ0v) is 13.9. The second-order valence-electron chi connectivity index (χ2n) is 5.73. The van der Waals surface area contributed by atoms with Gasteiger partial charge in [-0.3, -0.25) is 0 Å². The highest BCUT2D eigenvalue weighted by Gasteiger charge is 2.33. The molecule has 0 spiro atoms. The Morgan fingerprint density at radius 3 is 2.70 bits per heavy atom. The van der Waals surface area contributed by atoms with Crippen LogP contribution in [-0.4, -0.2) is 31.2 Å². The number of fused-ring (bicyclic) bond motifs is 1. The van der Waals surface area contributed by atoms with Crippen LogP contribution in [0.1, 0.15) is 11.1 Å². The number of halogens is 3. The van der Waals surface area contributed by atoms with Crippen LogP contribution in [0.15, 0.2) is 36.4 Å². The summed E-state index contributed by atoms with van der Waals surface area (Å²) in [6.45, 7) is 0.0264. The summed E-state index contributed by atoms with van der Waals surface area (Å²) in [5.74, 6) is 1.61. The third-order valence-corrected chi connectivity index (χ3v) is 3.77. The lowest BCUT2D eigenvalue weighted by Gasteiger charge is -2.16. The number of benzene rings is 2. The number of alkyl halides is 3. The standard InChI is InChI=1S/C18H15F3N2O4/c19-18(20,21)15-5-12(2-1-11(15)7-22)23-8-13(24)9-25-14-3-4-16-17(6-14)27-10-26-16/h1-6,13,23-24H,8-10H2. The Morgan fingerprint density at radius 2 is 1.96 bits per heavy atom. The summed E-state index contributed by atoms with van der Waals surface area (Å²) in [5, 5.41) is 21.5. The molecule has 2 N–H and O–H groups in total. The van der Waals surface area contributed by atoms with E-state index in [1.165, 1.54) is 12.1 Å². The monoisotopic (exact) mass is 380 g/mol. The quantitative estimate of drug-likeness (QED) is 0.801.